The van der Waals surface area contributed by atoms with Crippen molar-refractivity contribution in [2.24, 2.45) is 10.9 Å². The molecule has 0 atom stereocenters. The highest BCUT2D eigenvalue weighted by atomic mass is 35.5. The Labute approximate surface area is 128 Å². The van der Waals surface area contributed by atoms with Gasteiger partial charge in [-0.2, -0.15) is 0 Å². The second kappa shape index (κ2) is 6.90. The number of hydrogen-bond acceptors (Lipinski definition) is 3. The SMILES string of the molecule is CC(=O)ON=C(N)Cc1ccccc1-c1ccccc1Cl. The second-order valence-corrected chi connectivity index (χ2v) is 4.89. The molecule has 0 saturated carbocycles. The number of hydrogen-bond donors (Lipinski definition) is 1. The van der Waals surface area contributed by atoms with E-state index in [4.69, 9.17) is 17.3 Å². The lowest BCUT2D eigenvalue weighted by Crippen LogP contribution is -2.16. The lowest BCUT2D eigenvalue weighted by atomic mass is 9.97. The van der Waals surface area contributed by atoms with Crippen LogP contribution in [0.2, 0.25) is 5.02 Å². The maximum atomic E-state index is 10.7. The number of nitrogens with zero attached hydrogens (tertiary/aromatic N) is 1. The van der Waals surface area contributed by atoms with Crippen molar-refractivity contribution in [1.29, 1.82) is 0 Å². The fraction of sp³-hybridized carbons (Fsp3) is 0.125. The van der Waals surface area contributed by atoms with E-state index < -0.39 is 5.97 Å². The molecule has 0 fully saturated rings. The topological polar surface area (TPSA) is 64.7 Å². The Bertz CT molecular complexity index is 683. The molecule has 2 aromatic carbocycles. The molecular formula is C16H15ClN2O2. The number of benzene rings is 2. The molecular weight excluding hydrogens is 288 g/mol. The van der Waals surface area contributed by atoms with Crippen molar-refractivity contribution in [2.45, 2.75) is 13.3 Å². The zero-order chi connectivity index (χ0) is 15.2. The number of rotatable bonds is 4. The molecule has 0 saturated heterocycles. The van der Waals surface area contributed by atoms with Crippen molar-refractivity contribution in [2.75, 3.05) is 0 Å². The molecule has 2 aromatic rings. The van der Waals surface area contributed by atoms with Crippen molar-refractivity contribution in [3.05, 3.63) is 59.1 Å². The third kappa shape index (κ3) is 4.07. The third-order valence-corrected chi connectivity index (χ3v) is 3.17. The van der Waals surface area contributed by atoms with Crippen molar-refractivity contribution < 1.29 is 9.63 Å². The summed E-state index contributed by atoms with van der Waals surface area (Å²) in [6, 6.07) is 15.3. The minimum atomic E-state index is -0.502. The van der Waals surface area contributed by atoms with E-state index in [0.717, 1.165) is 16.7 Å². The van der Waals surface area contributed by atoms with Crippen molar-refractivity contribution >= 4 is 23.4 Å². The fourth-order valence-corrected chi connectivity index (χ4v) is 2.20. The molecule has 0 aliphatic heterocycles. The molecule has 0 radical (unpaired) electrons. The largest absolute Gasteiger partial charge is 0.384 e. The average Bonchev–Trinajstić information content (AvgIpc) is 2.46. The second-order valence-electron chi connectivity index (χ2n) is 4.48. The first-order chi connectivity index (χ1) is 10.1. The molecule has 0 aliphatic carbocycles. The van der Waals surface area contributed by atoms with Gasteiger partial charge in [-0.3, -0.25) is 0 Å². The van der Waals surface area contributed by atoms with Crippen LogP contribution >= 0.6 is 11.6 Å². The van der Waals surface area contributed by atoms with Gasteiger partial charge in [0.1, 0.15) is 5.84 Å². The first kappa shape index (κ1) is 15.1. The van der Waals surface area contributed by atoms with E-state index in [0.29, 0.717) is 11.4 Å². The van der Waals surface area contributed by atoms with Crippen LogP contribution in [0.1, 0.15) is 12.5 Å². The van der Waals surface area contributed by atoms with Gasteiger partial charge < -0.3 is 10.6 Å². The van der Waals surface area contributed by atoms with E-state index in [1.54, 1.807) is 0 Å². The van der Waals surface area contributed by atoms with Crippen LogP contribution in [-0.4, -0.2) is 11.8 Å². The van der Waals surface area contributed by atoms with Gasteiger partial charge >= 0.3 is 5.97 Å². The minimum Gasteiger partial charge on any atom is -0.384 e. The third-order valence-electron chi connectivity index (χ3n) is 2.84. The van der Waals surface area contributed by atoms with E-state index in [1.807, 2.05) is 48.5 Å². The number of carbonyl (C=O) groups is 1. The van der Waals surface area contributed by atoms with Crippen LogP contribution in [0.25, 0.3) is 11.1 Å². The van der Waals surface area contributed by atoms with E-state index in [1.165, 1.54) is 6.92 Å². The summed E-state index contributed by atoms with van der Waals surface area (Å²) >= 11 is 6.24. The molecule has 4 nitrogen and oxygen atoms in total. The number of amidine groups is 1. The Morgan fingerprint density at radius 1 is 1.14 bits per heavy atom. The first-order valence-electron chi connectivity index (χ1n) is 6.40. The lowest BCUT2D eigenvalue weighted by Gasteiger charge is -2.10. The zero-order valence-electron chi connectivity index (χ0n) is 11.5. The zero-order valence-corrected chi connectivity index (χ0v) is 12.3. The summed E-state index contributed by atoms with van der Waals surface area (Å²) in [4.78, 5) is 15.3. The van der Waals surface area contributed by atoms with E-state index in [9.17, 15) is 4.79 Å². The summed E-state index contributed by atoms with van der Waals surface area (Å²) < 4.78 is 0. The Hall–Kier alpha value is -2.33. The molecule has 0 aliphatic rings. The van der Waals surface area contributed by atoms with Crippen LogP contribution in [0.4, 0.5) is 0 Å². The summed E-state index contributed by atoms with van der Waals surface area (Å²) in [6.45, 7) is 1.27. The Morgan fingerprint density at radius 3 is 2.43 bits per heavy atom. The Morgan fingerprint density at radius 2 is 1.76 bits per heavy atom. The van der Waals surface area contributed by atoms with Gasteiger partial charge in [-0.25, -0.2) is 4.79 Å². The number of nitrogens with two attached hydrogens (primary N) is 1. The summed E-state index contributed by atoms with van der Waals surface area (Å²) in [7, 11) is 0. The van der Waals surface area contributed by atoms with Crippen molar-refractivity contribution in [1.82, 2.24) is 0 Å². The van der Waals surface area contributed by atoms with Gasteiger partial charge in [-0.15, -0.1) is 0 Å². The van der Waals surface area contributed by atoms with Gasteiger partial charge in [0.15, 0.2) is 0 Å². The quantitative estimate of drug-likeness (QED) is 0.407. The molecule has 0 amide bonds. The van der Waals surface area contributed by atoms with E-state index in [2.05, 4.69) is 9.99 Å². The van der Waals surface area contributed by atoms with Gasteiger partial charge in [0.2, 0.25) is 0 Å². The molecule has 0 aromatic heterocycles. The van der Waals surface area contributed by atoms with Crippen LogP contribution in [0.3, 0.4) is 0 Å². The van der Waals surface area contributed by atoms with Gasteiger partial charge in [0.25, 0.3) is 0 Å². The highest BCUT2D eigenvalue weighted by Crippen LogP contribution is 2.30. The van der Waals surface area contributed by atoms with Gasteiger partial charge in [0.05, 0.1) is 0 Å². The standard InChI is InChI=1S/C16H15ClN2O2/c1-11(20)21-19-16(18)10-12-6-2-3-7-13(12)14-8-4-5-9-15(14)17/h2-9H,10H2,1H3,(H2,18,19). The van der Waals surface area contributed by atoms with E-state index in [-0.39, 0.29) is 5.84 Å². The molecule has 108 valence electrons. The molecule has 0 bridgehead atoms. The number of carbonyl (C=O) groups excluding carboxylic acids is 1. The molecule has 5 heteroatoms. The fourth-order valence-electron chi connectivity index (χ4n) is 1.97. The smallest absolute Gasteiger partial charge is 0.332 e. The van der Waals surface area contributed by atoms with Crippen LogP contribution in [-0.2, 0) is 16.1 Å². The monoisotopic (exact) mass is 302 g/mol. The molecule has 21 heavy (non-hydrogen) atoms. The molecule has 2 rings (SSSR count). The van der Waals surface area contributed by atoms with Crippen LogP contribution < -0.4 is 5.73 Å². The van der Waals surface area contributed by atoms with Gasteiger partial charge in [-0.05, 0) is 17.2 Å². The van der Waals surface area contributed by atoms with Crippen LogP contribution in [0.15, 0.2) is 53.7 Å². The summed E-state index contributed by atoms with van der Waals surface area (Å²) in [6.07, 6.45) is 0.370. The minimum absolute atomic E-state index is 0.227. The summed E-state index contributed by atoms with van der Waals surface area (Å²) in [5.74, 6) is -0.276. The Balaban J connectivity index is 2.32. The Kier molecular flexibility index (Phi) is 4.95. The van der Waals surface area contributed by atoms with Gasteiger partial charge in [0, 0.05) is 23.9 Å². The maximum Gasteiger partial charge on any atom is 0.332 e. The normalized spacial score (nSPS) is 11.2. The number of halogens is 1. The average molecular weight is 303 g/mol. The number of oxime groups is 1. The summed E-state index contributed by atoms with van der Waals surface area (Å²) in [5.41, 5.74) is 8.64. The highest BCUT2D eigenvalue weighted by Gasteiger charge is 2.09. The highest BCUT2D eigenvalue weighted by molar-refractivity contribution is 6.33. The molecule has 2 N–H and O–H groups in total. The van der Waals surface area contributed by atoms with Crippen LogP contribution in [0.5, 0.6) is 0 Å². The molecule has 0 spiro atoms. The molecule has 0 unspecified atom stereocenters. The van der Waals surface area contributed by atoms with Crippen molar-refractivity contribution in [3.63, 3.8) is 0 Å². The first-order valence-corrected chi connectivity index (χ1v) is 6.78. The van der Waals surface area contributed by atoms with Gasteiger partial charge in [-0.1, -0.05) is 59.2 Å². The lowest BCUT2D eigenvalue weighted by molar-refractivity contribution is -0.140. The molecule has 0 heterocycles. The predicted molar refractivity (Wildman–Crippen MR) is 84.0 cm³/mol. The maximum absolute atomic E-state index is 10.7. The van der Waals surface area contributed by atoms with E-state index >= 15 is 0 Å². The predicted octanol–water partition coefficient (Wildman–Crippen LogP) is 3.38. The van der Waals surface area contributed by atoms with Crippen molar-refractivity contribution in [3.8, 4) is 11.1 Å². The van der Waals surface area contributed by atoms with Crippen LogP contribution in [0, 0.1) is 0 Å². The summed E-state index contributed by atoms with van der Waals surface area (Å²) in [5, 5.41) is 4.26.